The summed E-state index contributed by atoms with van der Waals surface area (Å²) in [6.45, 7) is 6.14. The van der Waals surface area contributed by atoms with Crippen molar-refractivity contribution in [1.29, 1.82) is 0 Å². The molecule has 0 radical (unpaired) electrons. The number of benzene rings is 1. The summed E-state index contributed by atoms with van der Waals surface area (Å²) in [6, 6.07) is 10.9. The molecular weight excluding hydrogens is 392 g/mol. The van der Waals surface area contributed by atoms with Crippen LogP contribution in [0.3, 0.4) is 0 Å². The third-order valence-electron chi connectivity index (χ3n) is 4.93. The third-order valence-corrected chi connectivity index (χ3v) is 8.43. The van der Waals surface area contributed by atoms with Gasteiger partial charge in [0.1, 0.15) is 4.21 Å². The van der Waals surface area contributed by atoms with E-state index in [9.17, 15) is 13.2 Å². The number of rotatable bonds is 7. The predicted octanol–water partition coefficient (Wildman–Crippen LogP) is 4.37. The lowest BCUT2D eigenvalue weighted by Crippen LogP contribution is -2.35. The first-order valence-corrected chi connectivity index (χ1v) is 12.1. The smallest absolute Gasteiger partial charge is 0.252 e. The Morgan fingerprint density at radius 2 is 1.75 bits per heavy atom. The summed E-state index contributed by atoms with van der Waals surface area (Å²) in [6.07, 6.45) is 3.91. The number of carbonyl (C=O) groups is 1. The van der Waals surface area contributed by atoms with E-state index < -0.39 is 10.0 Å². The molecular formula is C21H28N2O3S2. The average molecular weight is 421 g/mol. The third kappa shape index (κ3) is 5.01. The minimum Gasteiger partial charge on any atom is -0.352 e. The quantitative estimate of drug-likeness (QED) is 0.723. The topological polar surface area (TPSA) is 66.5 Å². The Morgan fingerprint density at radius 1 is 1.07 bits per heavy atom. The summed E-state index contributed by atoms with van der Waals surface area (Å²) < 4.78 is 27.6. The van der Waals surface area contributed by atoms with Gasteiger partial charge in [0.15, 0.2) is 0 Å². The molecule has 28 heavy (non-hydrogen) atoms. The lowest BCUT2D eigenvalue weighted by Gasteiger charge is -2.25. The maximum Gasteiger partial charge on any atom is 0.252 e. The molecule has 1 aliphatic heterocycles. The van der Waals surface area contributed by atoms with E-state index in [2.05, 4.69) is 19.2 Å². The van der Waals surface area contributed by atoms with Gasteiger partial charge in [-0.05, 0) is 55.0 Å². The first-order chi connectivity index (χ1) is 13.4. The van der Waals surface area contributed by atoms with Gasteiger partial charge in [-0.3, -0.25) is 4.79 Å². The van der Waals surface area contributed by atoms with Crippen LogP contribution >= 0.6 is 11.3 Å². The maximum atomic E-state index is 12.8. The minimum atomic E-state index is -3.40. The highest BCUT2D eigenvalue weighted by Gasteiger charge is 2.27. The predicted molar refractivity (Wildman–Crippen MR) is 114 cm³/mol. The zero-order valence-electron chi connectivity index (χ0n) is 16.5. The van der Waals surface area contributed by atoms with Gasteiger partial charge in [0, 0.05) is 30.1 Å². The highest BCUT2D eigenvalue weighted by Crippen LogP contribution is 2.33. The van der Waals surface area contributed by atoms with Crippen LogP contribution in [0.5, 0.6) is 0 Å². The van der Waals surface area contributed by atoms with Crippen molar-refractivity contribution in [2.75, 3.05) is 19.6 Å². The molecule has 3 rings (SSSR count). The minimum absolute atomic E-state index is 0.0771. The normalized spacial score (nSPS) is 15.7. The van der Waals surface area contributed by atoms with E-state index in [1.54, 1.807) is 22.5 Å². The molecule has 1 fully saturated rings. The first kappa shape index (κ1) is 21.0. The largest absolute Gasteiger partial charge is 0.352 e. The molecule has 5 nitrogen and oxygen atoms in total. The summed E-state index contributed by atoms with van der Waals surface area (Å²) in [5.74, 6) is 0.476. The number of sulfonamides is 1. The number of carbonyl (C=O) groups excluding carboxylic acids is 1. The maximum absolute atomic E-state index is 12.8. The van der Waals surface area contributed by atoms with E-state index in [0.717, 1.165) is 36.1 Å². The molecule has 1 N–H and O–H groups in total. The molecule has 0 saturated carbocycles. The van der Waals surface area contributed by atoms with Gasteiger partial charge < -0.3 is 5.32 Å². The second-order valence-corrected chi connectivity index (χ2v) is 10.8. The SMILES string of the molecule is CC(C)CCNC(=O)c1ccc(-c2ccc(S(=O)(=O)N3CCCCC3)s2)cc1. The molecule has 2 aromatic rings. The van der Waals surface area contributed by atoms with Crippen LogP contribution < -0.4 is 5.32 Å². The molecule has 1 aromatic carbocycles. The molecule has 1 aliphatic rings. The summed E-state index contributed by atoms with van der Waals surface area (Å²) >= 11 is 1.29. The van der Waals surface area contributed by atoms with Crippen LogP contribution in [0.25, 0.3) is 10.4 Å². The van der Waals surface area contributed by atoms with Crippen molar-refractivity contribution in [2.24, 2.45) is 5.92 Å². The van der Waals surface area contributed by atoms with Crippen molar-refractivity contribution >= 4 is 27.3 Å². The van der Waals surface area contributed by atoms with Gasteiger partial charge in [0.25, 0.3) is 15.9 Å². The fourth-order valence-corrected chi connectivity index (χ4v) is 6.19. The van der Waals surface area contributed by atoms with Crippen LogP contribution in [0.15, 0.2) is 40.6 Å². The van der Waals surface area contributed by atoms with Crippen LogP contribution in [0, 0.1) is 5.92 Å². The van der Waals surface area contributed by atoms with Crippen LogP contribution in [-0.4, -0.2) is 38.3 Å². The standard InChI is InChI=1S/C21H28N2O3S2/c1-16(2)12-13-22-21(24)18-8-6-17(7-9-18)19-10-11-20(27-19)28(25,26)23-14-4-3-5-15-23/h6-11,16H,3-5,12-15H2,1-2H3,(H,22,24). The first-order valence-electron chi connectivity index (χ1n) is 9.86. The van der Waals surface area contributed by atoms with Crippen molar-refractivity contribution in [1.82, 2.24) is 9.62 Å². The summed E-state index contributed by atoms with van der Waals surface area (Å²) in [5, 5.41) is 2.93. The van der Waals surface area contributed by atoms with Crippen LogP contribution in [-0.2, 0) is 10.0 Å². The number of thiophene rings is 1. The molecule has 1 aromatic heterocycles. The van der Waals surface area contributed by atoms with Crippen molar-refractivity contribution in [3.8, 4) is 10.4 Å². The zero-order valence-corrected chi connectivity index (χ0v) is 18.1. The summed E-state index contributed by atoms with van der Waals surface area (Å²) in [5.41, 5.74) is 1.54. The van der Waals surface area contributed by atoms with Gasteiger partial charge in [0.2, 0.25) is 0 Å². The Labute approximate surface area is 171 Å². The fraction of sp³-hybridized carbons (Fsp3) is 0.476. The second-order valence-electron chi connectivity index (χ2n) is 7.60. The number of nitrogens with one attached hydrogen (secondary N) is 1. The number of hydrogen-bond acceptors (Lipinski definition) is 4. The molecule has 2 heterocycles. The van der Waals surface area contributed by atoms with Crippen LogP contribution in [0.2, 0.25) is 0 Å². The van der Waals surface area contributed by atoms with Gasteiger partial charge >= 0.3 is 0 Å². The van der Waals surface area contributed by atoms with Gasteiger partial charge in [0.05, 0.1) is 0 Å². The lowest BCUT2D eigenvalue weighted by molar-refractivity contribution is 0.0952. The van der Waals surface area contributed by atoms with Gasteiger partial charge in [-0.15, -0.1) is 11.3 Å². The zero-order chi connectivity index (χ0) is 20.1. The van der Waals surface area contributed by atoms with E-state index in [1.165, 1.54) is 11.3 Å². The van der Waals surface area contributed by atoms with Gasteiger partial charge in [-0.2, -0.15) is 4.31 Å². The van der Waals surface area contributed by atoms with Crippen molar-refractivity contribution < 1.29 is 13.2 Å². The van der Waals surface area contributed by atoms with Crippen molar-refractivity contribution in [3.63, 3.8) is 0 Å². The lowest BCUT2D eigenvalue weighted by atomic mass is 10.1. The number of piperidine rings is 1. The Bertz CT molecular complexity index is 896. The van der Waals surface area contributed by atoms with Crippen LogP contribution in [0.1, 0.15) is 49.9 Å². The van der Waals surface area contributed by atoms with E-state index in [0.29, 0.717) is 35.3 Å². The molecule has 0 spiro atoms. The van der Waals surface area contributed by atoms with Crippen molar-refractivity contribution in [2.45, 2.75) is 43.7 Å². The fourth-order valence-electron chi connectivity index (χ4n) is 3.21. The molecule has 0 aliphatic carbocycles. The highest BCUT2D eigenvalue weighted by molar-refractivity contribution is 7.91. The molecule has 152 valence electrons. The number of nitrogens with zero attached hydrogens (tertiary/aromatic N) is 1. The summed E-state index contributed by atoms with van der Waals surface area (Å²) in [7, 11) is -3.40. The van der Waals surface area contributed by atoms with Crippen molar-refractivity contribution in [3.05, 3.63) is 42.0 Å². The molecule has 1 amide bonds. The molecule has 1 saturated heterocycles. The van der Waals surface area contributed by atoms with E-state index >= 15 is 0 Å². The number of hydrogen-bond donors (Lipinski definition) is 1. The Balaban J connectivity index is 1.69. The molecule has 0 bridgehead atoms. The Hall–Kier alpha value is -1.70. The summed E-state index contributed by atoms with van der Waals surface area (Å²) in [4.78, 5) is 13.1. The van der Waals surface area contributed by atoms with E-state index in [1.807, 2.05) is 18.2 Å². The van der Waals surface area contributed by atoms with E-state index in [-0.39, 0.29) is 5.91 Å². The highest BCUT2D eigenvalue weighted by atomic mass is 32.2. The number of amides is 1. The Kier molecular flexibility index (Phi) is 6.91. The Morgan fingerprint density at radius 3 is 2.39 bits per heavy atom. The molecule has 0 atom stereocenters. The van der Waals surface area contributed by atoms with E-state index in [4.69, 9.17) is 0 Å². The second kappa shape index (κ2) is 9.20. The average Bonchev–Trinajstić information content (AvgIpc) is 3.19. The molecule has 7 heteroatoms. The molecule has 0 unspecified atom stereocenters. The van der Waals surface area contributed by atoms with Gasteiger partial charge in [-0.1, -0.05) is 32.4 Å². The van der Waals surface area contributed by atoms with Gasteiger partial charge in [-0.25, -0.2) is 8.42 Å². The monoisotopic (exact) mass is 420 g/mol. The van der Waals surface area contributed by atoms with Crippen LogP contribution in [0.4, 0.5) is 0 Å².